The van der Waals surface area contributed by atoms with Gasteiger partial charge in [0.25, 0.3) is 15.9 Å². The van der Waals surface area contributed by atoms with Crippen molar-refractivity contribution >= 4 is 27.3 Å². The van der Waals surface area contributed by atoms with E-state index in [9.17, 15) is 18.3 Å². The molecule has 1 fully saturated rings. The maximum Gasteiger partial charge on any atom is 0.258 e. The molecule has 17 heavy (non-hydrogen) atoms. The SMILES string of the molecule is CC1(C)C(=O)N(CC(O)c2ccsc2)S1(=O)=O. The zero-order valence-electron chi connectivity index (χ0n) is 9.45. The molecule has 1 atom stereocenters. The summed E-state index contributed by atoms with van der Waals surface area (Å²) >= 11 is 1.41. The molecule has 0 aromatic carbocycles. The van der Waals surface area contributed by atoms with Gasteiger partial charge in [-0.05, 0) is 36.2 Å². The van der Waals surface area contributed by atoms with Crippen molar-refractivity contribution in [1.82, 2.24) is 4.31 Å². The summed E-state index contributed by atoms with van der Waals surface area (Å²) in [6, 6.07) is 1.71. The Balaban J connectivity index is 2.15. The molecule has 1 saturated heterocycles. The average molecular weight is 275 g/mol. The van der Waals surface area contributed by atoms with Crippen molar-refractivity contribution in [2.45, 2.75) is 24.7 Å². The van der Waals surface area contributed by atoms with Crippen LogP contribution in [0, 0.1) is 0 Å². The maximum atomic E-state index is 11.8. The van der Waals surface area contributed by atoms with Gasteiger partial charge in [0.1, 0.15) is 0 Å². The Bertz CT molecular complexity index is 533. The Labute approximate surface area is 104 Å². The van der Waals surface area contributed by atoms with Gasteiger partial charge in [-0.25, -0.2) is 12.7 Å². The van der Waals surface area contributed by atoms with Gasteiger partial charge in [0.2, 0.25) is 0 Å². The van der Waals surface area contributed by atoms with E-state index in [1.54, 1.807) is 16.8 Å². The van der Waals surface area contributed by atoms with Gasteiger partial charge in [0.05, 0.1) is 12.6 Å². The number of carbonyl (C=O) groups excluding carboxylic acids is 1. The first-order chi connectivity index (χ1) is 7.78. The van der Waals surface area contributed by atoms with E-state index < -0.39 is 26.8 Å². The third-order valence-electron chi connectivity index (χ3n) is 2.94. The van der Waals surface area contributed by atoms with Gasteiger partial charge in [0, 0.05) is 0 Å². The summed E-state index contributed by atoms with van der Waals surface area (Å²) in [5.74, 6) is -0.466. The summed E-state index contributed by atoms with van der Waals surface area (Å²) in [5.41, 5.74) is 0.628. The lowest BCUT2D eigenvalue weighted by Crippen LogP contribution is -2.67. The lowest BCUT2D eigenvalue weighted by Gasteiger charge is -2.43. The van der Waals surface area contributed by atoms with E-state index in [0.717, 1.165) is 4.31 Å². The summed E-state index contributed by atoms with van der Waals surface area (Å²) in [6.45, 7) is 2.54. The molecule has 1 aromatic heterocycles. The van der Waals surface area contributed by atoms with E-state index in [2.05, 4.69) is 0 Å². The van der Waals surface area contributed by atoms with Crippen LogP contribution in [-0.4, -0.2) is 35.0 Å². The van der Waals surface area contributed by atoms with Crippen LogP contribution in [0.25, 0.3) is 0 Å². The molecular formula is C10H13NO4S2. The van der Waals surface area contributed by atoms with Gasteiger partial charge in [-0.2, -0.15) is 11.3 Å². The molecule has 1 aliphatic rings. The van der Waals surface area contributed by atoms with Crippen LogP contribution in [0.15, 0.2) is 16.8 Å². The number of hydrogen-bond acceptors (Lipinski definition) is 5. The zero-order chi connectivity index (χ0) is 12.8. The van der Waals surface area contributed by atoms with Crippen molar-refractivity contribution in [3.8, 4) is 0 Å². The number of β-amino-alcohol motifs (C(OH)–C–C–N with tert-alkyl or cyclic N) is 1. The Hall–Kier alpha value is -0.920. The molecule has 5 nitrogen and oxygen atoms in total. The Kier molecular flexibility index (Phi) is 2.80. The average Bonchev–Trinajstić information content (AvgIpc) is 2.77. The number of amides is 1. The summed E-state index contributed by atoms with van der Waals surface area (Å²) in [5, 5.41) is 13.3. The van der Waals surface area contributed by atoms with Gasteiger partial charge in [0.15, 0.2) is 4.75 Å². The van der Waals surface area contributed by atoms with E-state index >= 15 is 0 Å². The number of thiophene rings is 1. The second-order valence-electron chi connectivity index (χ2n) is 4.42. The monoisotopic (exact) mass is 275 g/mol. The lowest BCUT2D eigenvalue weighted by molar-refractivity contribution is -0.133. The van der Waals surface area contributed by atoms with Gasteiger partial charge < -0.3 is 5.11 Å². The van der Waals surface area contributed by atoms with E-state index in [0.29, 0.717) is 5.56 Å². The topological polar surface area (TPSA) is 74.7 Å². The number of aliphatic hydroxyl groups is 1. The molecule has 1 aliphatic heterocycles. The van der Waals surface area contributed by atoms with E-state index in [1.807, 2.05) is 0 Å². The molecule has 7 heteroatoms. The lowest BCUT2D eigenvalue weighted by atomic mass is 10.1. The predicted octanol–water partition coefficient (Wildman–Crippen LogP) is 0.732. The van der Waals surface area contributed by atoms with Gasteiger partial charge in [-0.3, -0.25) is 4.79 Å². The molecule has 1 N–H and O–H groups in total. The third kappa shape index (κ3) is 1.69. The molecule has 2 rings (SSSR count). The van der Waals surface area contributed by atoms with Crippen LogP contribution in [0.2, 0.25) is 0 Å². The molecule has 0 spiro atoms. The van der Waals surface area contributed by atoms with Crippen LogP contribution in [-0.2, 0) is 14.8 Å². The molecule has 0 radical (unpaired) electrons. The molecule has 1 unspecified atom stereocenters. The number of carbonyl (C=O) groups is 1. The van der Waals surface area contributed by atoms with E-state index in [1.165, 1.54) is 25.2 Å². The molecule has 0 bridgehead atoms. The fourth-order valence-corrected chi connectivity index (χ4v) is 3.91. The molecule has 1 aromatic rings. The minimum absolute atomic E-state index is 0.207. The highest BCUT2D eigenvalue weighted by molar-refractivity contribution is 7.94. The van der Waals surface area contributed by atoms with Gasteiger partial charge in [-0.15, -0.1) is 0 Å². The molecule has 94 valence electrons. The highest BCUT2D eigenvalue weighted by Gasteiger charge is 2.60. The Morgan fingerprint density at radius 2 is 2.18 bits per heavy atom. The van der Waals surface area contributed by atoms with Crippen molar-refractivity contribution < 1.29 is 18.3 Å². The van der Waals surface area contributed by atoms with Crippen molar-refractivity contribution in [2.75, 3.05) is 6.54 Å². The summed E-state index contributed by atoms with van der Waals surface area (Å²) in [7, 11) is -3.61. The predicted molar refractivity (Wildman–Crippen MR) is 64.0 cm³/mol. The standard InChI is InChI=1S/C10H13NO4S2/c1-10(2)9(13)11(17(10,14)15)5-8(12)7-3-4-16-6-7/h3-4,6,8,12H,5H2,1-2H3. The molecule has 0 aliphatic carbocycles. The number of hydrogen-bond donors (Lipinski definition) is 1. The van der Waals surface area contributed by atoms with Crippen LogP contribution in [0.1, 0.15) is 25.5 Å². The van der Waals surface area contributed by atoms with E-state index in [4.69, 9.17) is 0 Å². The number of aliphatic hydroxyl groups excluding tert-OH is 1. The number of rotatable bonds is 3. The summed E-state index contributed by atoms with van der Waals surface area (Å²) in [6.07, 6.45) is -0.962. The van der Waals surface area contributed by atoms with Crippen LogP contribution >= 0.6 is 11.3 Å². The highest BCUT2D eigenvalue weighted by atomic mass is 32.2. The fraction of sp³-hybridized carbons (Fsp3) is 0.500. The van der Waals surface area contributed by atoms with Crippen molar-refractivity contribution in [1.29, 1.82) is 0 Å². The fourth-order valence-electron chi connectivity index (χ4n) is 1.66. The molecular weight excluding hydrogens is 262 g/mol. The minimum Gasteiger partial charge on any atom is -0.386 e. The quantitative estimate of drug-likeness (QED) is 0.882. The number of nitrogens with zero attached hydrogens (tertiary/aromatic N) is 1. The van der Waals surface area contributed by atoms with E-state index in [-0.39, 0.29) is 6.54 Å². The van der Waals surface area contributed by atoms with Crippen molar-refractivity contribution in [3.05, 3.63) is 22.4 Å². The van der Waals surface area contributed by atoms with Gasteiger partial charge >= 0.3 is 0 Å². The Morgan fingerprint density at radius 1 is 1.53 bits per heavy atom. The van der Waals surface area contributed by atoms with Crippen LogP contribution in [0.4, 0.5) is 0 Å². The molecule has 0 saturated carbocycles. The Morgan fingerprint density at radius 3 is 2.65 bits per heavy atom. The second-order valence-corrected chi connectivity index (χ2v) is 7.62. The van der Waals surface area contributed by atoms with Crippen LogP contribution in [0.3, 0.4) is 0 Å². The normalized spacial score (nSPS) is 23.2. The summed E-state index contributed by atoms with van der Waals surface area (Å²) < 4.78 is 23.0. The molecule has 2 heterocycles. The summed E-state index contributed by atoms with van der Waals surface area (Å²) in [4.78, 5) is 11.6. The second kappa shape index (κ2) is 3.79. The first-order valence-corrected chi connectivity index (χ1v) is 7.43. The third-order valence-corrected chi connectivity index (χ3v) is 6.00. The zero-order valence-corrected chi connectivity index (χ0v) is 11.1. The minimum atomic E-state index is -3.61. The first kappa shape index (κ1) is 12.5. The van der Waals surface area contributed by atoms with Crippen molar-refractivity contribution in [2.24, 2.45) is 0 Å². The number of sulfonamides is 1. The van der Waals surface area contributed by atoms with Gasteiger partial charge in [-0.1, -0.05) is 0 Å². The first-order valence-electron chi connectivity index (χ1n) is 5.05. The smallest absolute Gasteiger partial charge is 0.258 e. The van der Waals surface area contributed by atoms with Crippen LogP contribution in [0.5, 0.6) is 0 Å². The van der Waals surface area contributed by atoms with Crippen LogP contribution < -0.4 is 0 Å². The van der Waals surface area contributed by atoms with Crippen molar-refractivity contribution in [3.63, 3.8) is 0 Å². The highest BCUT2D eigenvalue weighted by Crippen LogP contribution is 2.36. The molecule has 1 amide bonds. The largest absolute Gasteiger partial charge is 0.386 e. The maximum absolute atomic E-state index is 11.8.